The van der Waals surface area contributed by atoms with Crippen molar-refractivity contribution in [2.45, 2.75) is 24.8 Å². The normalized spacial score (nSPS) is 30.5. The first kappa shape index (κ1) is 11.9. The van der Waals surface area contributed by atoms with Crippen molar-refractivity contribution in [3.05, 3.63) is 35.5 Å². The van der Waals surface area contributed by atoms with E-state index in [9.17, 15) is 0 Å². The predicted octanol–water partition coefficient (Wildman–Crippen LogP) is 3.06. The molecule has 19 heavy (non-hydrogen) atoms. The molecule has 0 radical (unpaired) electrons. The molecule has 4 rings (SSSR count). The van der Waals surface area contributed by atoms with Gasteiger partial charge in [-0.1, -0.05) is 12.1 Å². The van der Waals surface area contributed by atoms with Crippen molar-refractivity contribution in [2.24, 2.45) is 5.92 Å². The van der Waals surface area contributed by atoms with E-state index in [-0.39, 0.29) is 0 Å². The molecule has 0 bridgehead atoms. The number of fused-ring (bicyclic) bond motifs is 2. The third-order valence-corrected chi connectivity index (χ3v) is 5.59. The number of rotatable bonds is 1. The maximum atomic E-state index is 4.53. The molecule has 3 heteroatoms. The van der Waals surface area contributed by atoms with E-state index in [1.165, 1.54) is 35.9 Å². The zero-order valence-corrected chi connectivity index (χ0v) is 12.2. The van der Waals surface area contributed by atoms with E-state index in [1.807, 2.05) is 0 Å². The van der Waals surface area contributed by atoms with Crippen LogP contribution < -0.4 is 0 Å². The minimum absolute atomic E-state index is 0.671. The van der Waals surface area contributed by atoms with Crippen LogP contribution in [0.3, 0.4) is 0 Å². The van der Waals surface area contributed by atoms with Crippen LogP contribution in [-0.2, 0) is 6.42 Å². The molecular formula is C16H20N2S. The van der Waals surface area contributed by atoms with Crippen LogP contribution in [0.1, 0.15) is 23.5 Å². The standard InChI is InChI=1S/C16H20N2S/c1-18-8-10(9-19)5-13-12-3-2-4-14-16(12)11(7-17-14)6-15(13)18/h2-4,7,10,13,15,17,19H,5-6,8-9H2,1H3. The molecule has 2 nitrogen and oxygen atoms in total. The van der Waals surface area contributed by atoms with Crippen molar-refractivity contribution in [3.63, 3.8) is 0 Å². The van der Waals surface area contributed by atoms with E-state index in [2.05, 4.69) is 54.0 Å². The van der Waals surface area contributed by atoms with Crippen molar-refractivity contribution in [1.82, 2.24) is 9.88 Å². The summed E-state index contributed by atoms with van der Waals surface area (Å²) in [6, 6.07) is 7.41. The average Bonchev–Trinajstić information content (AvgIpc) is 2.85. The molecule has 0 saturated carbocycles. The molecule has 2 aliphatic rings. The van der Waals surface area contributed by atoms with Crippen LogP contribution in [0, 0.1) is 5.92 Å². The van der Waals surface area contributed by atoms with Gasteiger partial charge in [0.05, 0.1) is 0 Å². The van der Waals surface area contributed by atoms with Crippen LogP contribution in [0.5, 0.6) is 0 Å². The lowest BCUT2D eigenvalue weighted by atomic mass is 9.73. The first-order valence-electron chi connectivity index (χ1n) is 7.18. The van der Waals surface area contributed by atoms with Crippen LogP contribution in [0.25, 0.3) is 10.9 Å². The number of piperidine rings is 1. The fraction of sp³-hybridized carbons (Fsp3) is 0.500. The van der Waals surface area contributed by atoms with Gasteiger partial charge in [0.2, 0.25) is 0 Å². The molecule has 100 valence electrons. The van der Waals surface area contributed by atoms with Gasteiger partial charge in [0.1, 0.15) is 0 Å². The molecular weight excluding hydrogens is 252 g/mol. The number of aromatic nitrogens is 1. The van der Waals surface area contributed by atoms with E-state index in [1.54, 1.807) is 5.56 Å². The Morgan fingerprint density at radius 2 is 2.32 bits per heavy atom. The van der Waals surface area contributed by atoms with Gasteiger partial charge in [-0.2, -0.15) is 12.6 Å². The number of nitrogens with one attached hydrogen (secondary N) is 1. The van der Waals surface area contributed by atoms with Crippen LogP contribution in [0.4, 0.5) is 0 Å². The van der Waals surface area contributed by atoms with Gasteiger partial charge in [0.15, 0.2) is 0 Å². The second-order valence-electron chi connectivity index (χ2n) is 6.19. The lowest BCUT2D eigenvalue weighted by Crippen LogP contribution is -2.48. The third-order valence-electron chi connectivity index (χ3n) is 5.07. The molecule has 3 unspecified atom stereocenters. The first-order valence-corrected chi connectivity index (χ1v) is 7.81. The zero-order chi connectivity index (χ0) is 13.0. The van der Waals surface area contributed by atoms with Gasteiger partial charge in [-0.15, -0.1) is 0 Å². The molecule has 0 amide bonds. The summed E-state index contributed by atoms with van der Waals surface area (Å²) in [7, 11) is 2.28. The van der Waals surface area contributed by atoms with Gasteiger partial charge in [0, 0.05) is 35.6 Å². The van der Waals surface area contributed by atoms with E-state index in [4.69, 9.17) is 0 Å². The minimum atomic E-state index is 0.671. The van der Waals surface area contributed by atoms with Crippen molar-refractivity contribution >= 4 is 23.5 Å². The van der Waals surface area contributed by atoms with E-state index in [0.717, 1.165) is 11.7 Å². The van der Waals surface area contributed by atoms with Crippen molar-refractivity contribution in [2.75, 3.05) is 19.3 Å². The summed E-state index contributed by atoms with van der Waals surface area (Å²) in [6.45, 7) is 1.19. The molecule has 1 aromatic heterocycles. The highest BCUT2D eigenvalue weighted by atomic mass is 32.1. The Morgan fingerprint density at radius 3 is 3.16 bits per heavy atom. The Hall–Kier alpha value is -0.930. The second kappa shape index (κ2) is 4.29. The Bertz CT molecular complexity index is 618. The number of hydrogen-bond donors (Lipinski definition) is 2. The minimum Gasteiger partial charge on any atom is -0.361 e. The quantitative estimate of drug-likeness (QED) is 0.764. The molecule has 2 aromatic rings. The third kappa shape index (κ3) is 1.68. The topological polar surface area (TPSA) is 19.0 Å². The summed E-state index contributed by atoms with van der Waals surface area (Å²) < 4.78 is 0. The highest BCUT2D eigenvalue weighted by Gasteiger charge is 2.38. The van der Waals surface area contributed by atoms with E-state index >= 15 is 0 Å². The summed E-state index contributed by atoms with van der Waals surface area (Å²) in [5.41, 5.74) is 4.37. The Morgan fingerprint density at radius 1 is 1.42 bits per heavy atom. The summed E-state index contributed by atoms with van der Waals surface area (Å²) in [4.78, 5) is 6.00. The fourth-order valence-corrected chi connectivity index (χ4v) is 4.45. The molecule has 1 aliphatic carbocycles. The highest BCUT2D eigenvalue weighted by molar-refractivity contribution is 7.80. The number of aromatic amines is 1. The lowest BCUT2D eigenvalue weighted by molar-refractivity contribution is 0.121. The Kier molecular flexibility index (Phi) is 2.68. The molecule has 1 aliphatic heterocycles. The monoisotopic (exact) mass is 272 g/mol. The summed E-state index contributed by atoms with van der Waals surface area (Å²) >= 11 is 4.53. The Balaban J connectivity index is 1.86. The lowest BCUT2D eigenvalue weighted by Gasteiger charge is -2.45. The van der Waals surface area contributed by atoms with Crippen LogP contribution in [-0.4, -0.2) is 35.3 Å². The largest absolute Gasteiger partial charge is 0.361 e. The Labute approximate surface area is 119 Å². The van der Waals surface area contributed by atoms with E-state index in [0.29, 0.717) is 12.0 Å². The van der Waals surface area contributed by atoms with Crippen molar-refractivity contribution in [1.29, 1.82) is 0 Å². The average molecular weight is 272 g/mol. The predicted molar refractivity (Wildman–Crippen MR) is 83.1 cm³/mol. The van der Waals surface area contributed by atoms with Crippen LogP contribution in [0.15, 0.2) is 24.4 Å². The summed E-state index contributed by atoms with van der Waals surface area (Å²) in [6.07, 6.45) is 4.70. The molecule has 2 heterocycles. The van der Waals surface area contributed by atoms with Crippen molar-refractivity contribution in [3.8, 4) is 0 Å². The molecule has 1 fully saturated rings. The van der Waals surface area contributed by atoms with Crippen LogP contribution in [0.2, 0.25) is 0 Å². The number of nitrogens with zero attached hydrogens (tertiary/aromatic N) is 1. The van der Waals surface area contributed by atoms with Gasteiger partial charge in [-0.25, -0.2) is 0 Å². The number of benzene rings is 1. The maximum absolute atomic E-state index is 4.53. The molecule has 0 spiro atoms. The molecule has 1 saturated heterocycles. The number of hydrogen-bond acceptors (Lipinski definition) is 2. The number of likely N-dealkylation sites (N-methyl/N-ethyl adjacent to an activating group) is 1. The SMILES string of the molecule is CN1CC(CS)CC2c3cccc4[nH]cc(c34)CC21. The first-order chi connectivity index (χ1) is 9.28. The number of H-pyrrole nitrogens is 1. The number of likely N-dealkylation sites (tertiary alicyclic amines) is 1. The summed E-state index contributed by atoms with van der Waals surface area (Å²) in [5.74, 6) is 2.41. The molecule has 1 aromatic carbocycles. The van der Waals surface area contributed by atoms with Gasteiger partial charge in [0.25, 0.3) is 0 Å². The van der Waals surface area contributed by atoms with Gasteiger partial charge < -0.3 is 9.88 Å². The number of thiol groups is 1. The zero-order valence-electron chi connectivity index (χ0n) is 11.3. The summed E-state index contributed by atoms with van der Waals surface area (Å²) in [5, 5.41) is 1.50. The fourth-order valence-electron chi connectivity index (χ4n) is 4.19. The van der Waals surface area contributed by atoms with Crippen molar-refractivity contribution < 1.29 is 0 Å². The molecule has 1 N–H and O–H groups in total. The van der Waals surface area contributed by atoms with E-state index < -0.39 is 0 Å². The van der Waals surface area contributed by atoms with Gasteiger partial charge in [-0.05, 0) is 48.8 Å². The highest BCUT2D eigenvalue weighted by Crippen LogP contribution is 2.44. The molecule has 3 atom stereocenters. The van der Waals surface area contributed by atoms with Gasteiger partial charge >= 0.3 is 0 Å². The smallest absolute Gasteiger partial charge is 0.0459 e. The maximum Gasteiger partial charge on any atom is 0.0459 e. The van der Waals surface area contributed by atoms with Gasteiger partial charge in [-0.3, -0.25) is 0 Å². The van der Waals surface area contributed by atoms with Crippen LogP contribution >= 0.6 is 12.6 Å². The second-order valence-corrected chi connectivity index (χ2v) is 6.55.